The van der Waals surface area contributed by atoms with Gasteiger partial charge in [-0.15, -0.1) is 0 Å². The summed E-state index contributed by atoms with van der Waals surface area (Å²) in [5.41, 5.74) is 2.07. The Labute approximate surface area is 97.9 Å². The van der Waals surface area contributed by atoms with E-state index in [-0.39, 0.29) is 5.92 Å². The molecule has 1 unspecified atom stereocenters. The number of aromatic nitrogens is 2. The molecule has 0 radical (unpaired) electrons. The number of hydrogen-bond donors (Lipinski definition) is 1. The van der Waals surface area contributed by atoms with Crippen LogP contribution in [0.2, 0.25) is 0 Å². The van der Waals surface area contributed by atoms with E-state index in [0.29, 0.717) is 0 Å². The summed E-state index contributed by atoms with van der Waals surface area (Å²) in [6.07, 6.45) is 5.56. The van der Waals surface area contributed by atoms with E-state index in [4.69, 9.17) is 5.26 Å². The lowest BCUT2D eigenvalue weighted by molar-refractivity contribution is 0.696. The molecule has 1 atom stereocenters. The first-order valence-electron chi connectivity index (χ1n) is 6.20. The summed E-state index contributed by atoms with van der Waals surface area (Å²) in [6, 6.07) is 2.25. The first kappa shape index (κ1) is 12.8. The van der Waals surface area contributed by atoms with E-state index in [1.54, 1.807) is 0 Å². The normalized spacial score (nSPS) is 12.4. The summed E-state index contributed by atoms with van der Waals surface area (Å²) in [6.45, 7) is 6.20. The van der Waals surface area contributed by atoms with Crippen molar-refractivity contribution in [3.05, 3.63) is 17.2 Å². The number of aryl methyl sites for hydroxylation is 2. The van der Waals surface area contributed by atoms with Gasteiger partial charge in [-0.2, -0.15) is 5.26 Å². The van der Waals surface area contributed by atoms with Crippen LogP contribution in [0.1, 0.15) is 63.2 Å². The van der Waals surface area contributed by atoms with Gasteiger partial charge in [0.2, 0.25) is 0 Å². The highest BCUT2D eigenvalue weighted by molar-refractivity contribution is 5.23. The fourth-order valence-corrected chi connectivity index (χ4v) is 1.83. The maximum absolute atomic E-state index is 8.93. The van der Waals surface area contributed by atoms with Gasteiger partial charge in [0.15, 0.2) is 0 Å². The second-order valence-corrected chi connectivity index (χ2v) is 4.21. The van der Waals surface area contributed by atoms with Crippen molar-refractivity contribution < 1.29 is 0 Å². The van der Waals surface area contributed by atoms with Crippen molar-refractivity contribution in [3.63, 3.8) is 0 Å². The molecule has 0 spiro atoms. The van der Waals surface area contributed by atoms with Crippen molar-refractivity contribution >= 4 is 0 Å². The lowest BCUT2D eigenvalue weighted by Gasteiger charge is -1.99. The molecule has 0 amide bonds. The summed E-state index contributed by atoms with van der Waals surface area (Å²) in [5.74, 6) is 0.938. The molecule has 0 saturated heterocycles. The molecule has 3 heteroatoms. The fraction of sp³-hybridized carbons (Fsp3) is 0.692. The average molecular weight is 219 g/mol. The molecule has 3 nitrogen and oxygen atoms in total. The average Bonchev–Trinajstić information content (AvgIpc) is 2.71. The molecule has 1 aromatic rings. The van der Waals surface area contributed by atoms with Crippen molar-refractivity contribution in [2.45, 2.75) is 58.8 Å². The van der Waals surface area contributed by atoms with Gasteiger partial charge in [-0.3, -0.25) is 0 Å². The van der Waals surface area contributed by atoms with E-state index in [2.05, 4.69) is 29.9 Å². The Morgan fingerprint density at radius 3 is 2.69 bits per heavy atom. The fourth-order valence-electron chi connectivity index (χ4n) is 1.83. The lowest BCUT2D eigenvalue weighted by Crippen LogP contribution is -1.95. The summed E-state index contributed by atoms with van der Waals surface area (Å²) in [5, 5.41) is 8.93. The largest absolute Gasteiger partial charge is 0.346 e. The number of nitriles is 1. The molecule has 0 aliphatic heterocycles. The lowest BCUT2D eigenvalue weighted by atomic mass is 10.1. The zero-order valence-corrected chi connectivity index (χ0v) is 10.5. The number of rotatable bonds is 6. The zero-order valence-electron chi connectivity index (χ0n) is 10.5. The van der Waals surface area contributed by atoms with Crippen LogP contribution in [0.15, 0.2) is 0 Å². The van der Waals surface area contributed by atoms with Gasteiger partial charge in [0.1, 0.15) is 5.82 Å². The second-order valence-electron chi connectivity index (χ2n) is 4.21. The van der Waals surface area contributed by atoms with Gasteiger partial charge in [0, 0.05) is 12.1 Å². The minimum absolute atomic E-state index is 0.105. The molecule has 0 bridgehead atoms. The van der Waals surface area contributed by atoms with Gasteiger partial charge in [-0.25, -0.2) is 4.98 Å². The second kappa shape index (κ2) is 6.32. The maximum atomic E-state index is 8.93. The van der Waals surface area contributed by atoms with E-state index in [1.165, 1.54) is 19.3 Å². The number of nitrogens with one attached hydrogen (secondary N) is 1. The Morgan fingerprint density at radius 2 is 2.12 bits per heavy atom. The van der Waals surface area contributed by atoms with Crippen LogP contribution >= 0.6 is 0 Å². The van der Waals surface area contributed by atoms with Crippen LogP contribution in [0, 0.1) is 11.3 Å². The topological polar surface area (TPSA) is 52.5 Å². The molecule has 0 aliphatic rings. The molecule has 0 aromatic carbocycles. The Bertz CT molecular complexity index is 360. The van der Waals surface area contributed by atoms with E-state index in [9.17, 15) is 0 Å². The monoisotopic (exact) mass is 219 g/mol. The third-order valence-corrected chi connectivity index (χ3v) is 2.83. The summed E-state index contributed by atoms with van der Waals surface area (Å²) in [7, 11) is 0. The van der Waals surface area contributed by atoms with Crippen molar-refractivity contribution in [3.8, 4) is 6.07 Å². The van der Waals surface area contributed by atoms with Crippen molar-refractivity contribution in [1.82, 2.24) is 9.97 Å². The number of H-pyrrole nitrogens is 1. The molecule has 0 fully saturated rings. The summed E-state index contributed by atoms with van der Waals surface area (Å²) < 4.78 is 0. The predicted molar refractivity (Wildman–Crippen MR) is 65.2 cm³/mol. The number of nitrogens with zero attached hydrogens (tertiary/aromatic N) is 2. The standard InChI is InChI=1S/C13H21N3/c1-4-6-7-8-12-15-11(5-2)13(16-12)10(3)9-14/h10H,4-8H2,1-3H3,(H,15,16). The molecule has 1 heterocycles. The first-order chi connectivity index (χ1) is 7.72. The van der Waals surface area contributed by atoms with E-state index >= 15 is 0 Å². The Kier molecular flexibility index (Phi) is 5.04. The molecule has 1 aromatic heterocycles. The summed E-state index contributed by atoms with van der Waals surface area (Å²) >= 11 is 0. The van der Waals surface area contributed by atoms with Crippen molar-refractivity contribution in [2.75, 3.05) is 0 Å². The SMILES string of the molecule is CCCCCc1nc(C(C)C#N)c(CC)[nH]1. The molecule has 1 N–H and O–H groups in total. The van der Waals surface area contributed by atoms with Crippen LogP contribution in [0.5, 0.6) is 0 Å². The third kappa shape index (κ3) is 3.10. The predicted octanol–water partition coefficient (Wildman–Crippen LogP) is 3.33. The van der Waals surface area contributed by atoms with Crippen LogP contribution in [0.25, 0.3) is 0 Å². The first-order valence-corrected chi connectivity index (χ1v) is 6.20. The van der Waals surface area contributed by atoms with Gasteiger partial charge in [0.25, 0.3) is 0 Å². The van der Waals surface area contributed by atoms with Crippen LogP contribution in [-0.4, -0.2) is 9.97 Å². The van der Waals surface area contributed by atoms with Crippen LogP contribution in [0.4, 0.5) is 0 Å². The summed E-state index contributed by atoms with van der Waals surface area (Å²) in [4.78, 5) is 7.89. The number of unbranched alkanes of at least 4 members (excludes halogenated alkanes) is 2. The zero-order chi connectivity index (χ0) is 12.0. The molecule has 0 saturated carbocycles. The molecule has 16 heavy (non-hydrogen) atoms. The minimum Gasteiger partial charge on any atom is -0.346 e. The van der Waals surface area contributed by atoms with E-state index < -0.39 is 0 Å². The van der Waals surface area contributed by atoms with Gasteiger partial charge in [0.05, 0.1) is 17.7 Å². The Hall–Kier alpha value is -1.30. The highest BCUT2D eigenvalue weighted by Crippen LogP contribution is 2.18. The van der Waals surface area contributed by atoms with Gasteiger partial charge < -0.3 is 4.98 Å². The van der Waals surface area contributed by atoms with Gasteiger partial charge in [-0.05, 0) is 19.8 Å². The molecule has 0 aliphatic carbocycles. The van der Waals surface area contributed by atoms with Crippen molar-refractivity contribution in [2.24, 2.45) is 0 Å². The number of imidazole rings is 1. The quantitative estimate of drug-likeness (QED) is 0.746. The number of hydrogen-bond acceptors (Lipinski definition) is 2. The van der Waals surface area contributed by atoms with Crippen LogP contribution < -0.4 is 0 Å². The minimum atomic E-state index is -0.105. The van der Waals surface area contributed by atoms with Crippen LogP contribution in [0.3, 0.4) is 0 Å². The molecular weight excluding hydrogens is 198 g/mol. The maximum Gasteiger partial charge on any atom is 0.106 e. The molecule has 1 rings (SSSR count). The van der Waals surface area contributed by atoms with Gasteiger partial charge in [-0.1, -0.05) is 26.7 Å². The Balaban J connectivity index is 2.74. The highest BCUT2D eigenvalue weighted by atomic mass is 14.9. The third-order valence-electron chi connectivity index (χ3n) is 2.83. The van der Waals surface area contributed by atoms with E-state index in [0.717, 1.165) is 30.1 Å². The van der Waals surface area contributed by atoms with E-state index in [1.807, 2.05) is 6.92 Å². The van der Waals surface area contributed by atoms with Crippen LogP contribution in [-0.2, 0) is 12.8 Å². The smallest absolute Gasteiger partial charge is 0.106 e. The highest BCUT2D eigenvalue weighted by Gasteiger charge is 2.14. The van der Waals surface area contributed by atoms with Gasteiger partial charge >= 0.3 is 0 Å². The van der Waals surface area contributed by atoms with Crippen molar-refractivity contribution in [1.29, 1.82) is 5.26 Å². The Morgan fingerprint density at radius 1 is 1.38 bits per heavy atom. The number of aromatic amines is 1. The molecule has 88 valence electrons. The molecular formula is C13H21N3.